The molecule has 0 aromatic heterocycles. The second-order valence-electron chi connectivity index (χ2n) is 7.85. The van der Waals surface area contributed by atoms with E-state index >= 15 is 0 Å². The lowest BCUT2D eigenvalue weighted by Gasteiger charge is -2.32. The first kappa shape index (κ1) is 18.4. The van der Waals surface area contributed by atoms with Gasteiger partial charge in [-0.1, -0.05) is 34.6 Å². The second kappa shape index (κ2) is 8.70. The molecule has 0 aromatic rings. The van der Waals surface area contributed by atoms with Crippen molar-refractivity contribution in [1.82, 2.24) is 0 Å². The van der Waals surface area contributed by atoms with Crippen LogP contribution < -0.4 is 0 Å². The molecule has 0 aromatic carbocycles. The van der Waals surface area contributed by atoms with Crippen molar-refractivity contribution in [3.63, 3.8) is 0 Å². The van der Waals surface area contributed by atoms with Crippen LogP contribution in [0.3, 0.4) is 0 Å². The van der Waals surface area contributed by atoms with Gasteiger partial charge in [0.2, 0.25) is 0 Å². The van der Waals surface area contributed by atoms with Crippen LogP contribution in [0.15, 0.2) is 9.98 Å². The summed E-state index contributed by atoms with van der Waals surface area (Å²) in [5.74, 6) is 1.99. The largest absolute Gasteiger partial charge is 0.291 e. The van der Waals surface area contributed by atoms with Gasteiger partial charge < -0.3 is 0 Å². The van der Waals surface area contributed by atoms with Crippen molar-refractivity contribution in [3.8, 4) is 0 Å². The fraction of sp³-hybridized carbons (Fsp3) is 0.895. The monoisotopic (exact) mass is 292 g/mol. The Balaban J connectivity index is 2.70. The van der Waals surface area contributed by atoms with E-state index in [0.29, 0.717) is 29.8 Å². The summed E-state index contributed by atoms with van der Waals surface area (Å²) in [4.78, 5) is 10.0. The van der Waals surface area contributed by atoms with Crippen LogP contribution in [0.1, 0.15) is 80.6 Å². The van der Waals surface area contributed by atoms with Crippen LogP contribution in [-0.4, -0.2) is 23.5 Å². The smallest absolute Gasteiger partial charge is 0.0544 e. The fourth-order valence-corrected chi connectivity index (χ4v) is 3.54. The SMILES string of the molecule is CC(CC(C)C)=NC1CCCC(N=C(C)CC(C)C)C1C. The predicted molar refractivity (Wildman–Crippen MR) is 95.7 cm³/mol. The molecule has 2 unspecified atom stereocenters. The van der Waals surface area contributed by atoms with Gasteiger partial charge in [0.05, 0.1) is 12.1 Å². The highest BCUT2D eigenvalue weighted by atomic mass is 14.9. The van der Waals surface area contributed by atoms with E-state index in [0.717, 1.165) is 12.8 Å². The van der Waals surface area contributed by atoms with Gasteiger partial charge in [0.25, 0.3) is 0 Å². The Labute approximate surface area is 132 Å². The minimum absolute atomic E-state index is 0.484. The molecule has 0 saturated heterocycles. The van der Waals surface area contributed by atoms with Gasteiger partial charge in [-0.25, -0.2) is 0 Å². The van der Waals surface area contributed by atoms with Crippen LogP contribution >= 0.6 is 0 Å². The normalized spacial score (nSPS) is 28.5. The Hall–Kier alpha value is -0.660. The lowest BCUT2D eigenvalue weighted by atomic mass is 9.82. The van der Waals surface area contributed by atoms with Crippen molar-refractivity contribution >= 4 is 11.4 Å². The third-order valence-electron chi connectivity index (χ3n) is 4.39. The van der Waals surface area contributed by atoms with E-state index in [2.05, 4.69) is 48.5 Å². The van der Waals surface area contributed by atoms with Crippen LogP contribution in [0.2, 0.25) is 0 Å². The van der Waals surface area contributed by atoms with E-state index in [1.54, 1.807) is 0 Å². The van der Waals surface area contributed by atoms with Gasteiger partial charge in [-0.05, 0) is 57.8 Å². The molecular weight excluding hydrogens is 256 g/mol. The van der Waals surface area contributed by atoms with Gasteiger partial charge >= 0.3 is 0 Å². The van der Waals surface area contributed by atoms with Gasteiger partial charge in [0.1, 0.15) is 0 Å². The quantitative estimate of drug-likeness (QED) is 0.573. The summed E-state index contributed by atoms with van der Waals surface area (Å²) in [6.45, 7) is 15.8. The maximum Gasteiger partial charge on any atom is 0.0544 e. The number of nitrogens with zero attached hydrogens (tertiary/aromatic N) is 2. The van der Waals surface area contributed by atoms with Crippen molar-refractivity contribution < 1.29 is 0 Å². The first-order chi connectivity index (χ1) is 9.79. The molecule has 0 radical (unpaired) electrons. The Morgan fingerprint density at radius 2 is 1.24 bits per heavy atom. The summed E-state index contributed by atoms with van der Waals surface area (Å²) >= 11 is 0. The molecule has 0 heterocycles. The average molecular weight is 293 g/mol. The number of hydrogen-bond acceptors (Lipinski definition) is 2. The summed E-state index contributed by atoms with van der Waals surface area (Å²) in [7, 11) is 0. The first-order valence-electron chi connectivity index (χ1n) is 8.86. The highest BCUT2D eigenvalue weighted by Gasteiger charge is 2.29. The molecule has 1 rings (SSSR count). The van der Waals surface area contributed by atoms with Gasteiger partial charge in [0.15, 0.2) is 0 Å². The van der Waals surface area contributed by atoms with Crippen LogP contribution in [0.25, 0.3) is 0 Å². The third kappa shape index (κ3) is 6.76. The molecule has 1 fully saturated rings. The molecule has 21 heavy (non-hydrogen) atoms. The minimum Gasteiger partial charge on any atom is -0.291 e. The van der Waals surface area contributed by atoms with E-state index < -0.39 is 0 Å². The van der Waals surface area contributed by atoms with Gasteiger partial charge in [-0.15, -0.1) is 0 Å². The van der Waals surface area contributed by atoms with Gasteiger partial charge in [-0.2, -0.15) is 0 Å². The van der Waals surface area contributed by atoms with Gasteiger partial charge in [0, 0.05) is 17.3 Å². The topological polar surface area (TPSA) is 24.7 Å². The minimum atomic E-state index is 0.484. The van der Waals surface area contributed by atoms with E-state index in [1.165, 1.54) is 30.7 Å². The van der Waals surface area contributed by atoms with E-state index in [9.17, 15) is 0 Å². The predicted octanol–water partition coefficient (Wildman–Crippen LogP) is 5.56. The Kier molecular flexibility index (Phi) is 7.62. The highest BCUT2D eigenvalue weighted by molar-refractivity contribution is 5.82. The molecule has 0 N–H and O–H groups in total. The molecule has 1 aliphatic carbocycles. The van der Waals surface area contributed by atoms with Crippen molar-refractivity contribution in [2.45, 2.75) is 92.7 Å². The molecule has 2 heteroatoms. The van der Waals surface area contributed by atoms with Crippen LogP contribution in [-0.2, 0) is 0 Å². The maximum atomic E-state index is 5.02. The molecule has 0 bridgehead atoms. The maximum absolute atomic E-state index is 5.02. The molecular formula is C19H36N2. The van der Waals surface area contributed by atoms with Crippen molar-refractivity contribution in [2.75, 3.05) is 0 Å². The lowest BCUT2D eigenvalue weighted by Crippen LogP contribution is -2.33. The van der Waals surface area contributed by atoms with Crippen molar-refractivity contribution in [1.29, 1.82) is 0 Å². The number of rotatable bonds is 6. The van der Waals surface area contributed by atoms with Crippen LogP contribution in [0, 0.1) is 17.8 Å². The molecule has 0 aliphatic heterocycles. The molecule has 2 atom stereocenters. The van der Waals surface area contributed by atoms with E-state index in [-0.39, 0.29) is 0 Å². The average Bonchev–Trinajstić information content (AvgIpc) is 2.32. The summed E-state index contributed by atoms with van der Waals surface area (Å²) in [6.07, 6.45) is 6.02. The zero-order valence-corrected chi connectivity index (χ0v) is 15.3. The van der Waals surface area contributed by atoms with E-state index in [4.69, 9.17) is 9.98 Å². The Morgan fingerprint density at radius 1 is 0.857 bits per heavy atom. The van der Waals surface area contributed by atoms with E-state index in [1.807, 2.05) is 0 Å². The van der Waals surface area contributed by atoms with Gasteiger partial charge in [-0.3, -0.25) is 9.98 Å². The Bertz CT molecular complexity index is 332. The molecule has 0 amide bonds. The molecule has 2 nitrogen and oxygen atoms in total. The number of hydrogen-bond donors (Lipinski definition) is 0. The fourth-order valence-electron chi connectivity index (χ4n) is 3.54. The third-order valence-corrected chi connectivity index (χ3v) is 4.39. The zero-order chi connectivity index (χ0) is 16.0. The van der Waals surface area contributed by atoms with Crippen molar-refractivity contribution in [2.24, 2.45) is 27.7 Å². The first-order valence-corrected chi connectivity index (χ1v) is 8.86. The molecule has 0 spiro atoms. The lowest BCUT2D eigenvalue weighted by molar-refractivity contribution is 0.289. The summed E-state index contributed by atoms with van der Waals surface area (Å²) in [5.41, 5.74) is 2.65. The highest BCUT2D eigenvalue weighted by Crippen LogP contribution is 2.30. The zero-order valence-electron chi connectivity index (χ0n) is 15.3. The van der Waals surface area contributed by atoms with Crippen molar-refractivity contribution in [3.05, 3.63) is 0 Å². The molecule has 1 aliphatic rings. The van der Waals surface area contributed by atoms with Crippen LogP contribution in [0.4, 0.5) is 0 Å². The number of aliphatic imine (C=N–C) groups is 2. The summed E-state index contributed by atoms with van der Waals surface area (Å²) < 4.78 is 0. The summed E-state index contributed by atoms with van der Waals surface area (Å²) in [5, 5.41) is 0. The standard InChI is InChI=1S/C19H36N2/c1-13(2)11-15(5)20-18-9-8-10-19(17(18)7)21-16(6)12-14(3)4/h13-14,17-19H,8-12H2,1-7H3. The molecule has 1 saturated carbocycles. The Morgan fingerprint density at radius 3 is 1.57 bits per heavy atom. The summed E-state index contributed by atoms with van der Waals surface area (Å²) in [6, 6.07) is 0.969. The second-order valence-corrected chi connectivity index (χ2v) is 7.85. The van der Waals surface area contributed by atoms with Crippen LogP contribution in [0.5, 0.6) is 0 Å². The molecule has 122 valence electrons.